The highest BCUT2D eigenvalue weighted by Crippen LogP contribution is 2.33. The summed E-state index contributed by atoms with van der Waals surface area (Å²) in [5.74, 6) is -0.488. The van der Waals surface area contributed by atoms with Crippen molar-refractivity contribution in [2.75, 3.05) is 26.7 Å². The van der Waals surface area contributed by atoms with Gasteiger partial charge >= 0.3 is 5.97 Å². The van der Waals surface area contributed by atoms with Crippen molar-refractivity contribution in [3.05, 3.63) is 22.4 Å². The van der Waals surface area contributed by atoms with Crippen LogP contribution in [0.2, 0.25) is 0 Å². The molecule has 142 valence electrons. The summed E-state index contributed by atoms with van der Waals surface area (Å²) < 4.78 is 0. The minimum atomic E-state index is -0.799. The van der Waals surface area contributed by atoms with Crippen LogP contribution in [0, 0.1) is 5.92 Å². The Balaban J connectivity index is 1.40. The molecule has 2 saturated carbocycles. The number of nitrogens with one attached hydrogen (secondary N) is 1. The van der Waals surface area contributed by atoms with E-state index in [0.29, 0.717) is 10.8 Å². The van der Waals surface area contributed by atoms with Crippen LogP contribution in [-0.4, -0.2) is 71.5 Å². The van der Waals surface area contributed by atoms with E-state index in [1.165, 1.54) is 29.1 Å². The van der Waals surface area contributed by atoms with Crippen LogP contribution in [-0.2, 0) is 9.59 Å². The van der Waals surface area contributed by atoms with Gasteiger partial charge in [-0.05, 0) is 43.0 Å². The minimum absolute atomic E-state index is 0.0266. The Morgan fingerprint density at radius 3 is 2.58 bits per heavy atom. The summed E-state index contributed by atoms with van der Waals surface area (Å²) in [6.45, 7) is 0.939. The van der Waals surface area contributed by atoms with Gasteiger partial charge in [0, 0.05) is 25.7 Å². The Labute approximate surface area is 157 Å². The fourth-order valence-corrected chi connectivity index (χ4v) is 4.02. The number of hydrogen-bond acceptors (Lipinski definition) is 5. The lowest BCUT2D eigenvalue weighted by Gasteiger charge is -2.42. The summed E-state index contributed by atoms with van der Waals surface area (Å²) in [6, 6.07) is 3.84. The molecule has 2 aliphatic carbocycles. The van der Waals surface area contributed by atoms with Gasteiger partial charge in [-0.15, -0.1) is 11.3 Å². The van der Waals surface area contributed by atoms with E-state index >= 15 is 0 Å². The molecule has 2 N–H and O–H groups in total. The van der Waals surface area contributed by atoms with Gasteiger partial charge < -0.3 is 15.3 Å². The first-order valence-corrected chi connectivity index (χ1v) is 9.84. The smallest absolute Gasteiger partial charge is 0.317 e. The minimum Gasteiger partial charge on any atom is -0.480 e. The maximum atomic E-state index is 12.2. The summed E-state index contributed by atoms with van der Waals surface area (Å²) in [6.07, 6.45) is 3.92. The van der Waals surface area contributed by atoms with Crippen molar-refractivity contribution < 1.29 is 19.5 Å². The molecule has 0 bridgehead atoms. The van der Waals surface area contributed by atoms with Crippen LogP contribution in [0.4, 0.5) is 0 Å². The molecule has 7 nitrogen and oxygen atoms in total. The van der Waals surface area contributed by atoms with Crippen LogP contribution in [0.5, 0.6) is 0 Å². The molecule has 2 amide bonds. The average Bonchev–Trinajstić information content (AvgIpc) is 3.18. The molecule has 1 heterocycles. The second-order valence-electron chi connectivity index (χ2n) is 7.29. The second kappa shape index (κ2) is 8.18. The molecule has 2 aliphatic rings. The Morgan fingerprint density at radius 1 is 1.27 bits per heavy atom. The molecule has 0 spiro atoms. The fraction of sp³-hybridized carbons (Fsp3) is 0.611. The molecule has 8 heteroatoms. The monoisotopic (exact) mass is 379 g/mol. The molecular weight excluding hydrogens is 354 g/mol. The Kier molecular flexibility index (Phi) is 5.93. The number of amides is 2. The zero-order chi connectivity index (χ0) is 18.7. The van der Waals surface area contributed by atoms with Gasteiger partial charge in [0.15, 0.2) is 0 Å². The molecular formula is C18H25N3O4S. The van der Waals surface area contributed by atoms with Gasteiger partial charge in [-0.25, -0.2) is 0 Å². The zero-order valence-corrected chi connectivity index (χ0v) is 15.7. The van der Waals surface area contributed by atoms with E-state index in [2.05, 4.69) is 5.32 Å². The van der Waals surface area contributed by atoms with Gasteiger partial charge in [0.25, 0.3) is 5.91 Å². The van der Waals surface area contributed by atoms with E-state index < -0.39 is 5.97 Å². The number of thiophene rings is 1. The highest BCUT2D eigenvalue weighted by molar-refractivity contribution is 7.12. The number of carboxylic acids is 1. The van der Waals surface area contributed by atoms with Crippen LogP contribution >= 0.6 is 11.3 Å². The largest absolute Gasteiger partial charge is 0.480 e. The van der Waals surface area contributed by atoms with Crippen molar-refractivity contribution >= 4 is 29.1 Å². The summed E-state index contributed by atoms with van der Waals surface area (Å²) in [7, 11) is 1.62. The third-order valence-electron chi connectivity index (χ3n) is 4.98. The van der Waals surface area contributed by atoms with Crippen LogP contribution in [0.25, 0.3) is 0 Å². The second-order valence-corrected chi connectivity index (χ2v) is 8.24. The number of carboxylic acid groups (broad SMARTS) is 1. The quantitative estimate of drug-likeness (QED) is 0.674. The SMILES string of the molecule is CN(CC(=O)NC1CC(N(CC(=O)O)CC2CC2)C1)C(=O)c1cccs1. The van der Waals surface area contributed by atoms with Crippen molar-refractivity contribution in [2.24, 2.45) is 5.92 Å². The molecule has 3 rings (SSSR count). The summed E-state index contributed by atoms with van der Waals surface area (Å²) in [5.41, 5.74) is 0. The number of hydrogen-bond donors (Lipinski definition) is 2. The zero-order valence-electron chi connectivity index (χ0n) is 14.9. The Hall–Kier alpha value is -1.93. The maximum Gasteiger partial charge on any atom is 0.317 e. The van der Waals surface area contributed by atoms with Gasteiger partial charge in [0.1, 0.15) is 0 Å². The van der Waals surface area contributed by atoms with Crippen LogP contribution in [0.15, 0.2) is 17.5 Å². The van der Waals surface area contributed by atoms with E-state index in [9.17, 15) is 14.4 Å². The predicted octanol–water partition coefficient (Wildman–Crippen LogP) is 1.26. The Morgan fingerprint density at radius 2 is 2.00 bits per heavy atom. The third kappa shape index (κ3) is 5.04. The van der Waals surface area contributed by atoms with E-state index in [1.807, 2.05) is 16.3 Å². The number of rotatable bonds is 9. The van der Waals surface area contributed by atoms with Gasteiger partial charge in [-0.3, -0.25) is 19.3 Å². The molecule has 0 aromatic carbocycles. The number of carbonyl (C=O) groups is 3. The lowest BCUT2D eigenvalue weighted by atomic mass is 9.85. The molecule has 0 saturated heterocycles. The first-order valence-electron chi connectivity index (χ1n) is 8.96. The van der Waals surface area contributed by atoms with Gasteiger partial charge in [-0.1, -0.05) is 6.07 Å². The molecule has 0 aliphatic heterocycles. The molecule has 2 fully saturated rings. The average molecular weight is 379 g/mol. The molecule has 0 unspecified atom stereocenters. The normalized spacial score (nSPS) is 21.9. The number of likely N-dealkylation sites (N-methyl/N-ethyl adjacent to an activating group) is 1. The van der Waals surface area contributed by atoms with Gasteiger partial charge in [0.2, 0.25) is 5.91 Å². The lowest BCUT2D eigenvalue weighted by molar-refractivity contribution is -0.140. The maximum absolute atomic E-state index is 12.2. The highest BCUT2D eigenvalue weighted by atomic mass is 32.1. The number of aliphatic carboxylic acids is 1. The topological polar surface area (TPSA) is 90.0 Å². The van der Waals surface area contributed by atoms with E-state index in [0.717, 1.165) is 19.4 Å². The summed E-state index contributed by atoms with van der Waals surface area (Å²) in [4.78, 5) is 39.4. The van der Waals surface area contributed by atoms with Crippen LogP contribution in [0.3, 0.4) is 0 Å². The molecule has 0 atom stereocenters. The summed E-state index contributed by atoms with van der Waals surface area (Å²) in [5, 5.41) is 13.9. The molecule has 1 aromatic rings. The van der Waals surface area contributed by atoms with Gasteiger partial charge in [-0.2, -0.15) is 0 Å². The van der Waals surface area contributed by atoms with Crippen molar-refractivity contribution in [2.45, 2.75) is 37.8 Å². The van der Waals surface area contributed by atoms with Crippen LogP contribution < -0.4 is 5.32 Å². The standard InChI is InChI=1S/C18H25N3O4S/c1-20(18(25)15-3-2-6-26-15)10-16(22)19-13-7-14(8-13)21(11-17(23)24)9-12-4-5-12/h2-3,6,12-14H,4-5,7-11H2,1H3,(H,19,22)(H,23,24). The first-order chi connectivity index (χ1) is 12.4. The lowest BCUT2D eigenvalue weighted by Crippen LogP contribution is -2.56. The van der Waals surface area contributed by atoms with Crippen molar-refractivity contribution in [1.82, 2.24) is 15.1 Å². The molecule has 0 radical (unpaired) electrons. The molecule has 1 aromatic heterocycles. The third-order valence-corrected chi connectivity index (χ3v) is 5.84. The van der Waals surface area contributed by atoms with Crippen molar-refractivity contribution in [3.63, 3.8) is 0 Å². The summed E-state index contributed by atoms with van der Waals surface area (Å²) >= 11 is 1.36. The highest BCUT2D eigenvalue weighted by Gasteiger charge is 2.37. The fourth-order valence-electron chi connectivity index (χ4n) is 3.30. The number of carbonyl (C=O) groups excluding carboxylic acids is 2. The van der Waals surface area contributed by atoms with Gasteiger partial charge in [0.05, 0.1) is 18.0 Å². The van der Waals surface area contributed by atoms with E-state index in [1.54, 1.807) is 13.1 Å². The Bertz CT molecular complexity index is 653. The first kappa shape index (κ1) is 18.8. The van der Waals surface area contributed by atoms with E-state index in [-0.39, 0.29) is 37.0 Å². The predicted molar refractivity (Wildman–Crippen MR) is 98.2 cm³/mol. The van der Waals surface area contributed by atoms with Crippen molar-refractivity contribution in [1.29, 1.82) is 0 Å². The van der Waals surface area contributed by atoms with Crippen molar-refractivity contribution in [3.8, 4) is 0 Å². The van der Waals surface area contributed by atoms with Crippen LogP contribution in [0.1, 0.15) is 35.4 Å². The van der Waals surface area contributed by atoms with E-state index in [4.69, 9.17) is 5.11 Å². The number of nitrogens with zero attached hydrogens (tertiary/aromatic N) is 2. The molecule has 26 heavy (non-hydrogen) atoms.